The van der Waals surface area contributed by atoms with E-state index >= 15 is 0 Å². The number of hydrogen-bond acceptors (Lipinski definition) is 2. The topological polar surface area (TPSA) is 32.3 Å². The molecule has 3 rings (SSSR count). The van der Waals surface area contributed by atoms with Crippen LogP contribution in [0.15, 0.2) is 48.5 Å². The van der Waals surface area contributed by atoms with Gasteiger partial charge in [-0.25, -0.2) is 0 Å². The molecule has 3 nitrogen and oxygen atoms in total. The number of carbonyl (C=O) groups excluding carboxylic acids is 1. The van der Waals surface area contributed by atoms with E-state index in [0.717, 1.165) is 31.6 Å². The van der Waals surface area contributed by atoms with Crippen LogP contribution >= 0.6 is 22.6 Å². The van der Waals surface area contributed by atoms with Gasteiger partial charge in [-0.3, -0.25) is 4.79 Å². The quantitative estimate of drug-likeness (QED) is 0.745. The molecule has 23 heavy (non-hydrogen) atoms. The summed E-state index contributed by atoms with van der Waals surface area (Å²) in [6, 6.07) is 16.6. The lowest BCUT2D eigenvalue weighted by Crippen LogP contribution is -2.38. The van der Waals surface area contributed by atoms with Crippen LogP contribution in [0.5, 0.6) is 0 Å². The molecule has 1 saturated heterocycles. The fourth-order valence-electron chi connectivity index (χ4n) is 2.93. The second-order valence-electron chi connectivity index (χ2n) is 6.09. The molecule has 2 aromatic carbocycles. The third-order valence-electron chi connectivity index (χ3n) is 4.38. The summed E-state index contributed by atoms with van der Waals surface area (Å²) in [5.74, 6) is 0.255. The third-order valence-corrected chi connectivity index (χ3v) is 5.10. The first-order valence-corrected chi connectivity index (χ1v) is 9.08. The van der Waals surface area contributed by atoms with Crippen LogP contribution in [-0.2, 0) is 4.79 Å². The van der Waals surface area contributed by atoms with Crippen LogP contribution in [0.1, 0.15) is 18.4 Å². The Labute approximate surface area is 151 Å². The Balaban J connectivity index is 1.54. The van der Waals surface area contributed by atoms with E-state index in [1.165, 1.54) is 14.8 Å². The van der Waals surface area contributed by atoms with Gasteiger partial charge in [-0.1, -0.05) is 17.7 Å². The second-order valence-corrected chi connectivity index (χ2v) is 7.34. The highest BCUT2D eigenvalue weighted by atomic mass is 127. The minimum atomic E-state index is 0.107. The maximum atomic E-state index is 12.4. The first-order valence-electron chi connectivity index (χ1n) is 8.00. The molecule has 2 aromatic rings. The van der Waals surface area contributed by atoms with Gasteiger partial charge in [0.25, 0.3) is 0 Å². The molecular weight excluding hydrogens is 399 g/mol. The normalized spacial score (nSPS) is 15.5. The van der Waals surface area contributed by atoms with Crippen molar-refractivity contribution in [3.05, 3.63) is 57.7 Å². The number of nitrogens with one attached hydrogen (secondary N) is 1. The summed E-state index contributed by atoms with van der Waals surface area (Å²) in [7, 11) is 0. The van der Waals surface area contributed by atoms with E-state index in [4.69, 9.17) is 0 Å². The summed E-state index contributed by atoms with van der Waals surface area (Å²) >= 11 is 2.26. The van der Waals surface area contributed by atoms with Gasteiger partial charge >= 0.3 is 0 Å². The maximum Gasteiger partial charge on any atom is 0.227 e. The zero-order valence-electron chi connectivity index (χ0n) is 13.3. The fourth-order valence-corrected chi connectivity index (χ4v) is 3.29. The molecule has 1 aliphatic heterocycles. The van der Waals surface area contributed by atoms with Gasteiger partial charge in [-0.05, 0) is 78.8 Å². The van der Waals surface area contributed by atoms with E-state index in [0.29, 0.717) is 0 Å². The van der Waals surface area contributed by atoms with Gasteiger partial charge in [0, 0.05) is 34.0 Å². The molecule has 0 aromatic heterocycles. The van der Waals surface area contributed by atoms with Crippen molar-refractivity contribution in [3.8, 4) is 0 Å². The lowest BCUT2D eigenvalue weighted by Gasteiger charge is -2.33. The first kappa shape index (κ1) is 16.3. The minimum Gasteiger partial charge on any atom is -0.371 e. The summed E-state index contributed by atoms with van der Waals surface area (Å²) < 4.78 is 1.17. The number of carbonyl (C=O) groups is 1. The van der Waals surface area contributed by atoms with E-state index in [-0.39, 0.29) is 11.8 Å². The van der Waals surface area contributed by atoms with Crippen molar-refractivity contribution in [1.29, 1.82) is 0 Å². The smallest absolute Gasteiger partial charge is 0.227 e. The molecule has 0 aliphatic carbocycles. The first-order chi connectivity index (χ1) is 11.1. The van der Waals surface area contributed by atoms with Gasteiger partial charge in [-0.15, -0.1) is 0 Å². The number of aryl methyl sites for hydroxylation is 1. The molecule has 120 valence electrons. The molecule has 1 aliphatic rings. The SMILES string of the molecule is Cc1ccc(N2CCC(C(=O)Nc3ccc(I)cc3)CC2)cc1. The van der Waals surface area contributed by atoms with Gasteiger partial charge < -0.3 is 10.2 Å². The average molecular weight is 420 g/mol. The van der Waals surface area contributed by atoms with Crippen LogP contribution in [0.2, 0.25) is 0 Å². The average Bonchev–Trinajstić information content (AvgIpc) is 2.58. The summed E-state index contributed by atoms with van der Waals surface area (Å²) in [6.45, 7) is 3.98. The number of piperidine rings is 1. The number of benzene rings is 2. The number of anilines is 2. The number of nitrogens with zero attached hydrogens (tertiary/aromatic N) is 1. The summed E-state index contributed by atoms with van der Waals surface area (Å²) in [5, 5.41) is 3.04. The van der Waals surface area contributed by atoms with Crippen LogP contribution in [-0.4, -0.2) is 19.0 Å². The van der Waals surface area contributed by atoms with E-state index in [2.05, 4.69) is 64.0 Å². The van der Waals surface area contributed by atoms with Crippen LogP contribution < -0.4 is 10.2 Å². The van der Waals surface area contributed by atoms with Crippen molar-refractivity contribution in [3.63, 3.8) is 0 Å². The monoisotopic (exact) mass is 420 g/mol. The highest BCUT2D eigenvalue weighted by molar-refractivity contribution is 14.1. The number of amides is 1. The fraction of sp³-hybridized carbons (Fsp3) is 0.316. The Morgan fingerprint density at radius 2 is 1.65 bits per heavy atom. The van der Waals surface area contributed by atoms with Crippen molar-refractivity contribution >= 4 is 39.9 Å². The third kappa shape index (κ3) is 4.25. The lowest BCUT2D eigenvalue weighted by atomic mass is 9.95. The van der Waals surface area contributed by atoms with Crippen molar-refractivity contribution in [1.82, 2.24) is 0 Å². The molecule has 0 bridgehead atoms. The molecule has 0 saturated carbocycles. The van der Waals surface area contributed by atoms with Gasteiger partial charge in [0.2, 0.25) is 5.91 Å². The maximum absolute atomic E-state index is 12.4. The van der Waals surface area contributed by atoms with Crippen molar-refractivity contribution in [2.75, 3.05) is 23.3 Å². The Morgan fingerprint density at radius 3 is 2.26 bits per heavy atom. The van der Waals surface area contributed by atoms with E-state index in [9.17, 15) is 4.79 Å². The zero-order valence-corrected chi connectivity index (χ0v) is 15.4. The standard InChI is InChI=1S/C19H21IN2O/c1-14-2-8-18(9-3-14)22-12-10-15(11-13-22)19(23)21-17-6-4-16(20)5-7-17/h2-9,15H,10-13H2,1H3,(H,21,23). The molecule has 1 N–H and O–H groups in total. The minimum absolute atomic E-state index is 0.107. The molecule has 1 amide bonds. The molecular formula is C19H21IN2O. The van der Waals surface area contributed by atoms with E-state index in [1.807, 2.05) is 24.3 Å². The molecule has 0 unspecified atom stereocenters. The van der Waals surface area contributed by atoms with Crippen LogP contribution in [0.4, 0.5) is 11.4 Å². The number of hydrogen-bond donors (Lipinski definition) is 1. The number of halogens is 1. The van der Waals surface area contributed by atoms with Crippen LogP contribution in [0.25, 0.3) is 0 Å². The van der Waals surface area contributed by atoms with Gasteiger partial charge in [-0.2, -0.15) is 0 Å². The van der Waals surface area contributed by atoms with Crippen molar-refractivity contribution < 1.29 is 4.79 Å². The second kappa shape index (κ2) is 7.34. The largest absolute Gasteiger partial charge is 0.371 e. The van der Waals surface area contributed by atoms with Gasteiger partial charge in [0.05, 0.1) is 0 Å². The molecule has 1 heterocycles. The highest BCUT2D eigenvalue weighted by Gasteiger charge is 2.25. The Hall–Kier alpha value is -1.56. The number of rotatable bonds is 3. The molecule has 0 spiro atoms. The van der Waals surface area contributed by atoms with E-state index in [1.54, 1.807) is 0 Å². The highest BCUT2D eigenvalue weighted by Crippen LogP contribution is 2.24. The van der Waals surface area contributed by atoms with Gasteiger partial charge in [0.15, 0.2) is 0 Å². The predicted molar refractivity (Wildman–Crippen MR) is 104 cm³/mol. The zero-order chi connectivity index (χ0) is 16.2. The Bertz CT molecular complexity index is 659. The Morgan fingerprint density at radius 1 is 1.04 bits per heavy atom. The summed E-state index contributed by atoms with van der Waals surface area (Å²) in [5.41, 5.74) is 3.42. The van der Waals surface area contributed by atoms with E-state index < -0.39 is 0 Å². The van der Waals surface area contributed by atoms with Crippen molar-refractivity contribution in [2.45, 2.75) is 19.8 Å². The summed E-state index contributed by atoms with van der Waals surface area (Å²) in [4.78, 5) is 14.8. The van der Waals surface area contributed by atoms with Crippen LogP contribution in [0.3, 0.4) is 0 Å². The summed E-state index contributed by atoms with van der Waals surface area (Å²) in [6.07, 6.45) is 1.81. The van der Waals surface area contributed by atoms with Crippen LogP contribution in [0, 0.1) is 16.4 Å². The molecule has 4 heteroatoms. The predicted octanol–water partition coefficient (Wildman–Crippen LogP) is 4.45. The Kier molecular flexibility index (Phi) is 5.20. The van der Waals surface area contributed by atoms with Gasteiger partial charge in [0.1, 0.15) is 0 Å². The molecule has 1 fully saturated rings. The lowest BCUT2D eigenvalue weighted by molar-refractivity contribution is -0.120. The molecule has 0 radical (unpaired) electrons. The molecule has 0 atom stereocenters. The van der Waals surface area contributed by atoms with Crippen molar-refractivity contribution in [2.24, 2.45) is 5.92 Å².